The van der Waals surface area contributed by atoms with Crippen LogP contribution in [0.3, 0.4) is 0 Å². The van der Waals surface area contributed by atoms with Crippen LogP contribution in [0.1, 0.15) is 19.3 Å². The van der Waals surface area contributed by atoms with Crippen molar-refractivity contribution in [1.29, 1.82) is 0 Å². The molecule has 1 amide bonds. The van der Waals surface area contributed by atoms with Crippen molar-refractivity contribution in [2.45, 2.75) is 25.2 Å². The van der Waals surface area contributed by atoms with Crippen molar-refractivity contribution in [2.24, 2.45) is 17.8 Å². The van der Waals surface area contributed by atoms with E-state index in [1.807, 2.05) is 0 Å². The summed E-state index contributed by atoms with van der Waals surface area (Å²) in [6.07, 6.45) is 1.43. The molecule has 3 rings (SSSR count). The lowest BCUT2D eigenvalue weighted by atomic mass is 9.99. The maximum Gasteiger partial charge on any atom is 0.252 e. The number of hydrogen-bond donors (Lipinski definition) is 1. The van der Waals surface area contributed by atoms with Crippen molar-refractivity contribution in [3.8, 4) is 0 Å². The topological polar surface area (TPSA) is 32.3 Å². The molecule has 2 saturated heterocycles. The van der Waals surface area contributed by atoms with Gasteiger partial charge in [-0.1, -0.05) is 0 Å². The fourth-order valence-electron chi connectivity index (χ4n) is 3.51. The van der Waals surface area contributed by atoms with Crippen molar-refractivity contribution in [2.75, 3.05) is 26.2 Å². The van der Waals surface area contributed by atoms with E-state index in [1.54, 1.807) is 4.90 Å². The van der Waals surface area contributed by atoms with Crippen molar-refractivity contribution < 1.29 is 13.6 Å². The average Bonchev–Trinajstić information content (AvgIpc) is 2.97. The van der Waals surface area contributed by atoms with E-state index >= 15 is 0 Å². The molecular formula is C12H18F2N2O. The van der Waals surface area contributed by atoms with Gasteiger partial charge in [-0.3, -0.25) is 4.79 Å². The van der Waals surface area contributed by atoms with Crippen LogP contribution in [0.5, 0.6) is 0 Å². The molecule has 2 aliphatic heterocycles. The highest BCUT2D eigenvalue weighted by Crippen LogP contribution is 2.48. The van der Waals surface area contributed by atoms with Gasteiger partial charge in [0.2, 0.25) is 5.91 Å². The Balaban J connectivity index is 1.66. The number of carbonyl (C=O) groups is 1. The lowest BCUT2D eigenvalue weighted by molar-refractivity contribution is -0.134. The summed E-state index contributed by atoms with van der Waals surface area (Å²) in [6.45, 7) is 2.40. The number of nitrogens with zero attached hydrogens (tertiary/aromatic N) is 1. The van der Waals surface area contributed by atoms with Crippen LogP contribution in [0.2, 0.25) is 0 Å². The maximum absolute atomic E-state index is 13.6. The van der Waals surface area contributed by atoms with E-state index in [9.17, 15) is 13.6 Å². The van der Waals surface area contributed by atoms with Gasteiger partial charge in [-0.25, -0.2) is 8.78 Å². The summed E-state index contributed by atoms with van der Waals surface area (Å²) in [5.74, 6) is -3.00. The molecule has 1 N–H and O–H groups in total. The van der Waals surface area contributed by atoms with Gasteiger partial charge in [0.15, 0.2) is 0 Å². The van der Waals surface area contributed by atoms with Gasteiger partial charge in [-0.2, -0.15) is 0 Å². The van der Waals surface area contributed by atoms with Crippen molar-refractivity contribution >= 4 is 5.91 Å². The Morgan fingerprint density at radius 2 is 2.12 bits per heavy atom. The third kappa shape index (κ3) is 1.84. The molecule has 0 bridgehead atoms. The van der Waals surface area contributed by atoms with Crippen LogP contribution in [0, 0.1) is 17.8 Å². The molecule has 3 atom stereocenters. The Kier molecular flexibility index (Phi) is 2.61. The Morgan fingerprint density at radius 1 is 1.29 bits per heavy atom. The van der Waals surface area contributed by atoms with Crippen LogP contribution in [-0.2, 0) is 4.79 Å². The number of likely N-dealkylation sites (tertiary alicyclic amines) is 1. The van der Waals surface area contributed by atoms with Crippen LogP contribution in [0.25, 0.3) is 0 Å². The number of halogens is 2. The number of amides is 1. The lowest BCUT2D eigenvalue weighted by Crippen LogP contribution is -2.37. The third-order valence-electron chi connectivity index (χ3n) is 4.55. The normalized spacial score (nSPS) is 39.6. The lowest BCUT2D eigenvalue weighted by Gasteiger charge is -2.22. The standard InChI is InChI=1S/C12H18F2N2O/c13-12(14)3-1-9-6-16(7-10(9)12)11(17)8-2-4-15-5-8/h8-10,15H,1-7H2/t8-,9+,10+/m1/s1. The van der Waals surface area contributed by atoms with E-state index in [0.29, 0.717) is 19.5 Å². The SMILES string of the molecule is O=C([C@@H]1CCNC1)N1C[C@@H]2CCC(F)(F)[C@H]2C1. The van der Waals surface area contributed by atoms with Gasteiger partial charge in [-0.05, 0) is 25.3 Å². The van der Waals surface area contributed by atoms with Gasteiger partial charge in [0, 0.05) is 32.0 Å². The number of rotatable bonds is 1. The molecule has 96 valence electrons. The molecule has 3 nitrogen and oxygen atoms in total. The van der Waals surface area contributed by atoms with Crippen LogP contribution >= 0.6 is 0 Å². The third-order valence-corrected chi connectivity index (χ3v) is 4.55. The molecule has 0 aromatic carbocycles. The van der Waals surface area contributed by atoms with E-state index in [0.717, 1.165) is 13.0 Å². The highest BCUT2D eigenvalue weighted by Gasteiger charge is 2.54. The first-order valence-corrected chi connectivity index (χ1v) is 6.45. The van der Waals surface area contributed by atoms with E-state index in [2.05, 4.69) is 5.32 Å². The van der Waals surface area contributed by atoms with E-state index in [1.165, 1.54) is 0 Å². The summed E-state index contributed by atoms with van der Waals surface area (Å²) in [7, 11) is 0. The number of nitrogens with one attached hydrogen (secondary N) is 1. The zero-order valence-corrected chi connectivity index (χ0v) is 9.79. The second kappa shape index (κ2) is 3.90. The van der Waals surface area contributed by atoms with Gasteiger partial charge in [0.1, 0.15) is 0 Å². The zero-order chi connectivity index (χ0) is 12.0. The molecule has 0 unspecified atom stereocenters. The Labute approximate surface area is 99.5 Å². The molecule has 3 fully saturated rings. The Bertz CT molecular complexity index is 328. The van der Waals surface area contributed by atoms with E-state index < -0.39 is 11.8 Å². The van der Waals surface area contributed by atoms with Crippen LogP contribution in [0.4, 0.5) is 8.78 Å². The summed E-state index contributed by atoms with van der Waals surface area (Å²) >= 11 is 0. The van der Waals surface area contributed by atoms with Gasteiger partial charge in [0.05, 0.1) is 5.92 Å². The molecule has 1 saturated carbocycles. The van der Waals surface area contributed by atoms with Gasteiger partial charge in [0.25, 0.3) is 5.92 Å². The molecule has 1 aliphatic carbocycles. The molecule has 3 aliphatic rings. The minimum atomic E-state index is -2.55. The average molecular weight is 244 g/mol. The second-order valence-electron chi connectivity index (χ2n) is 5.60. The predicted octanol–water partition coefficient (Wildman–Crippen LogP) is 1.10. The van der Waals surface area contributed by atoms with Crippen LogP contribution < -0.4 is 5.32 Å². The molecule has 0 radical (unpaired) electrons. The van der Waals surface area contributed by atoms with Gasteiger partial charge >= 0.3 is 0 Å². The Morgan fingerprint density at radius 3 is 2.76 bits per heavy atom. The largest absolute Gasteiger partial charge is 0.342 e. The number of fused-ring (bicyclic) bond motifs is 1. The fraction of sp³-hybridized carbons (Fsp3) is 0.917. The highest BCUT2D eigenvalue weighted by molar-refractivity contribution is 5.79. The van der Waals surface area contributed by atoms with Crippen molar-refractivity contribution in [3.63, 3.8) is 0 Å². The van der Waals surface area contributed by atoms with Gasteiger partial charge < -0.3 is 10.2 Å². The Hall–Kier alpha value is -0.710. The summed E-state index contributed by atoms with van der Waals surface area (Å²) in [6, 6.07) is 0. The second-order valence-corrected chi connectivity index (χ2v) is 5.60. The van der Waals surface area contributed by atoms with Crippen LogP contribution in [-0.4, -0.2) is 42.9 Å². The fourth-order valence-corrected chi connectivity index (χ4v) is 3.51. The minimum Gasteiger partial charge on any atom is -0.342 e. The summed E-state index contributed by atoms with van der Waals surface area (Å²) in [5, 5.41) is 3.15. The molecule has 0 spiro atoms. The highest BCUT2D eigenvalue weighted by atomic mass is 19.3. The number of alkyl halides is 2. The molecule has 0 aromatic heterocycles. The van der Waals surface area contributed by atoms with Crippen LogP contribution in [0.15, 0.2) is 0 Å². The van der Waals surface area contributed by atoms with Crippen molar-refractivity contribution in [3.05, 3.63) is 0 Å². The molecule has 0 aromatic rings. The number of hydrogen-bond acceptors (Lipinski definition) is 2. The first-order chi connectivity index (χ1) is 8.08. The predicted molar refractivity (Wildman–Crippen MR) is 58.7 cm³/mol. The van der Waals surface area contributed by atoms with Crippen molar-refractivity contribution in [1.82, 2.24) is 10.2 Å². The first-order valence-electron chi connectivity index (χ1n) is 6.45. The maximum atomic E-state index is 13.6. The quantitative estimate of drug-likeness (QED) is 0.749. The van der Waals surface area contributed by atoms with Gasteiger partial charge in [-0.15, -0.1) is 0 Å². The number of carbonyl (C=O) groups excluding carboxylic acids is 1. The minimum absolute atomic E-state index is 0.00927. The molecular weight excluding hydrogens is 226 g/mol. The van der Waals surface area contributed by atoms with E-state index in [-0.39, 0.29) is 30.7 Å². The summed E-state index contributed by atoms with van der Waals surface area (Å²) in [4.78, 5) is 13.8. The molecule has 5 heteroatoms. The smallest absolute Gasteiger partial charge is 0.252 e. The van der Waals surface area contributed by atoms with E-state index in [4.69, 9.17) is 0 Å². The monoisotopic (exact) mass is 244 g/mol. The molecule has 17 heavy (non-hydrogen) atoms. The zero-order valence-electron chi connectivity index (χ0n) is 9.79. The summed E-state index contributed by atoms with van der Waals surface area (Å²) < 4.78 is 27.1. The summed E-state index contributed by atoms with van der Waals surface area (Å²) in [5.41, 5.74) is 0. The molecule has 2 heterocycles. The first kappa shape index (κ1) is 11.4.